The predicted molar refractivity (Wildman–Crippen MR) is 167 cm³/mol. The molecular formula is C33H33IO2S. The number of aryl methyl sites for hydroxylation is 2. The van der Waals surface area contributed by atoms with Gasteiger partial charge in [0.25, 0.3) is 0 Å². The SMILES string of the molecule is CC12OOC(C)(c3ccccc31)C1C=CC=CC12.CSI.Cc1c2ccccc2c(C)c2ccccc12. The maximum atomic E-state index is 5.78. The normalized spacial score (nSPS) is 26.5. The lowest BCUT2D eigenvalue weighted by Gasteiger charge is -2.57. The van der Waals surface area contributed by atoms with Crippen LogP contribution in [0, 0.1) is 25.7 Å². The van der Waals surface area contributed by atoms with Crippen LogP contribution in [-0.4, -0.2) is 6.26 Å². The summed E-state index contributed by atoms with van der Waals surface area (Å²) < 4.78 is 0. The third-order valence-electron chi connectivity index (χ3n) is 8.26. The van der Waals surface area contributed by atoms with E-state index < -0.39 is 0 Å². The number of fused-ring (bicyclic) bond motifs is 3. The zero-order valence-electron chi connectivity index (χ0n) is 22.0. The van der Waals surface area contributed by atoms with Crippen molar-refractivity contribution in [3.63, 3.8) is 0 Å². The molecule has 4 unspecified atom stereocenters. The quantitative estimate of drug-likeness (QED) is 0.111. The van der Waals surface area contributed by atoms with Crippen LogP contribution in [0.25, 0.3) is 21.5 Å². The third kappa shape index (κ3) is 4.36. The second kappa shape index (κ2) is 10.6. The van der Waals surface area contributed by atoms with Crippen molar-refractivity contribution in [1.82, 2.24) is 0 Å². The van der Waals surface area contributed by atoms with Crippen molar-refractivity contribution in [2.75, 3.05) is 6.26 Å². The fraction of sp³-hybridized carbons (Fsp3) is 0.273. The first-order valence-corrected chi connectivity index (χ1v) is 16.5. The van der Waals surface area contributed by atoms with Gasteiger partial charge in [-0.15, -0.1) is 0 Å². The smallest absolute Gasteiger partial charge is 0.133 e. The molecule has 8 rings (SSSR count). The van der Waals surface area contributed by atoms with E-state index in [0.29, 0.717) is 11.8 Å². The summed E-state index contributed by atoms with van der Waals surface area (Å²) in [6.07, 6.45) is 10.8. The van der Waals surface area contributed by atoms with Crippen molar-refractivity contribution >= 4 is 51.7 Å². The second-order valence-corrected chi connectivity index (χ2v) is 13.2. The molecule has 0 N–H and O–H groups in total. The Kier molecular flexibility index (Phi) is 7.56. The predicted octanol–water partition coefficient (Wildman–Crippen LogP) is 9.76. The van der Waals surface area contributed by atoms with Crippen molar-refractivity contribution in [3.8, 4) is 0 Å². The molecule has 2 bridgehead atoms. The Labute approximate surface area is 236 Å². The first kappa shape index (κ1) is 26.5. The summed E-state index contributed by atoms with van der Waals surface area (Å²) in [6, 6.07) is 25.8. The summed E-state index contributed by atoms with van der Waals surface area (Å²) in [4.78, 5) is 11.6. The lowest BCUT2D eigenvalue weighted by Crippen LogP contribution is -2.58. The minimum absolute atomic E-state index is 0.344. The van der Waals surface area contributed by atoms with E-state index in [2.05, 4.69) is 146 Å². The lowest BCUT2D eigenvalue weighted by atomic mass is 9.58. The highest BCUT2D eigenvalue weighted by Crippen LogP contribution is 2.60. The average molecular weight is 621 g/mol. The summed E-state index contributed by atoms with van der Waals surface area (Å²) in [7, 11) is 1.72. The minimum atomic E-state index is -0.375. The maximum Gasteiger partial charge on any atom is 0.133 e. The van der Waals surface area contributed by atoms with E-state index >= 15 is 0 Å². The van der Waals surface area contributed by atoms with Crippen LogP contribution >= 0.6 is 30.1 Å². The molecular weight excluding hydrogens is 587 g/mol. The van der Waals surface area contributed by atoms with Crippen molar-refractivity contribution in [1.29, 1.82) is 0 Å². The molecule has 37 heavy (non-hydrogen) atoms. The molecule has 0 aromatic heterocycles. The van der Waals surface area contributed by atoms with Gasteiger partial charge in [-0.1, -0.05) is 106 Å². The van der Waals surface area contributed by atoms with E-state index in [4.69, 9.17) is 9.78 Å². The Morgan fingerprint density at radius 1 is 0.622 bits per heavy atom. The minimum Gasteiger partial charge on any atom is -0.224 e. The fourth-order valence-corrected chi connectivity index (χ4v) is 6.31. The van der Waals surface area contributed by atoms with Crippen LogP contribution in [0.2, 0.25) is 0 Å². The van der Waals surface area contributed by atoms with Gasteiger partial charge >= 0.3 is 0 Å². The zero-order valence-corrected chi connectivity index (χ0v) is 25.0. The highest BCUT2D eigenvalue weighted by molar-refractivity contribution is 14.2. The molecule has 4 aromatic carbocycles. The molecule has 190 valence electrons. The Morgan fingerprint density at radius 3 is 1.24 bits per heavy atom. The van der Waals surface area contributed by atoms with Gasteiger partial charge in [-0.3, -0.25) is 0 Å². The van der Waals surface area contributed by atoms with Crippen LogP contribution in [0.5, 0.6) is 0 Å². The Morgan fingerprint density at radius 2 is 0.919 bits per heavy atom. The highest BCUT2D eigenvalue weighted by Gasteiger charge is 2.61. The van der Waals surface area contributed by atoms with E-state index in [1.807, 2.05) is 6.26 Å². The first-order valence-electron chi connectivity index (χ1n) is 12.7. The molecule has 4 aliphatic rings. The van der Waals surface area contributed by atoms with Crippen molar-refractivity contribution in [2.24, 2.45) is 11.8 Å². The Hall–Kier alpha value is -2.12. The topological polar surface area (TPSA) is 18.5 Å². The summed E-state index contributed by atoms with van der Waals surface area (Å²) >= 11 is 2.20. The molecule has 0 radical (unpaired) electrons. The summed E-state index contributed by atoms with van der Waals surface area (Å²) in [5.74, 6) is 0.687. The summed E-state index contributed by atoms with van der Waals surface area (Å²) in [5, 5.41) is 5.50. The van der Waals surface area contributed by atoms with Crippen LogP contribution in [0.1, 0.15) is 36.1 Å². The lowest BCUT2D eigenvalue weighted by molar-refractivity contribution is -0.477. The first-order chi connectivity index (χ1) is 17.9. The van der Waals surface area contributed by atoms with E-state index in [9.17, 15) is 0 Å². The van der Waals surface area contributed by atoms with Gasteiger partial charge in [-0.25, -0.2) is 9.78 Å². The van der Waals surface area contributed by atoms with Gasteiger partial charge in [0.05, 0.1) is 0 Å². The maximum absolute atomic E-state index is 5.78. The highest BCUT2D eigenvalue weighted by atomic mass is 127. The second-order valence-electron chi connectivity index (χ2n) is 10.2. The van der Waals surface area contributed by atoms with Gasteiger partial charge < -0.3 is 0 Å². The molecule has 2 heterocycles. The Bertz CT molecular complexity index is 1340. The largest absolute Gasteiger partial charge is 0.224 e. The van der Waals surface area contributed by atoms with Gasteiger partial charge in [0.15, 0.2) is 0 Å². The van der Waals surface area contributed by atoms with Crippen LogP contribution in [0.3, 0.4) is 0 Å². The van der Waals surface area contributed by atoms with Crippen LogP contribution in [0.4, 0.5) is 0 Å². The van der Waals surface area contributed by atoms with E-state index in [1.165, 1.54) is 43.8 Å². The molecule has 2 aliphatic heterocycles. The zero-order chi connectivity index (χ0) is 26.2. The molecule has 4 atom stereocenters. The number of hydrogen-bond acceptors (Lipinski definition) is 3. The van der Waals surface area contributed by atoms with Crippen LogP contribution in [0.15, 0.2) is 97.1 Å². The molecule has 1 fully saturated rings. The molecule has 0 spiro atoms. The molecule has 2 aliphatic carbocycles. The van der Waals surface area contributed by atoms with Crippen LogP contribution < -0.4 is 0 Å². The average Bonchev–Trinajstić information content (AvgIpc) is 2.94. The number of benzene rings is 4. The van der Waals surface area contributed by atoms with Crippen molar-refractivity contribution < 1.29 is 9.78 Å². The van der Waals surface area contributed by atoms with Gasteiger partial charge in [-0.05, 0) is 99.0 Å². The van der Waals surface area contributed by atoms with Crippen LogP contribution in [-0.2, 0) is 21.0 Å². The number of halogens is 1. The van der Waals surface area contributed by atoms with E-state index in [1.54, 1.807) is 8.93 Å². The number of rotatable bonds is 0. The standard InChI is InChI=1S/C16H16O2.C16H14.CH3IS/c1-15-11-7-3-5-9-13(11)16(2,18-17-15)14-10-6-4-8-12(14)15;1-11-13-7-3-5-9-15(13)12(2)16-10-6-4-8-14(11)16;1-3-2/h3-11,13H,1-2H3;3-10H,1-2H3;1H3. The summed E-state index contributed by atoms with van der Waals surface area (Å²) in [6.45, 7) is 8.69. The molecule has 4 heteroatoms. The number of allylic oxidation sites excluding steroid dienone is 2. The monoisotopic (exact) mass is 620 g/mol. The van der Waals surface area contributed by atoms with Gasteiger partial charge in [-0.2, -0.15) is 0 Å². The van der Waals surface area contributed by atoms with Gasteiger partial charge in [0.2, 0.25) is 0 Å². The van der Waals surface area contributed by atoms with E-state index in [0.717, 1.165) is 0 Å². The molecule has 4 aromatic rings. The van der Waals surface area contributed by atoms with Crippen molar-refractivity contribution in [3.05, 3.63) is 119 Å². The molecule has 0 amide bonds. The van der Waals surface area contributed by atoms with E-state index in [-0.39, 0.29) is 11.2 Å². The molecule has 2 nitrogen and oxygen atoms in total. The molecule has 1 saturated heterocycles. The van der Waals surface area contributed by atoms with Crippen molar-refractivity contribution in [2.45, 2.75) is 38.9 Å². The molecule has 0 saturated carbocycles. The fourth-order valence-electron chi connectivity index (χ4n) is 6.31. The Balaban J connectivity index is 0.000000138. The summed E-state index contributed by atoms with van der Waals surface area (Å²) in [5.41, 5.74) is 4.55. The third-order valence-corrected chi connectivity index (χ3v) is 8.26. The number of hydrogen-bond donors (Lipinski definition) is 0. The van der Waals surface area contributed by atoms with Gasteiger partial charge in [0, 0.05) is 11.8 Å². The van der Waals surface area contributed by atoms with Gasteiger partial charge in [0.1, 0.15) is 11.2 Å².